The van der Waals surface area contributed by atoms with Gasteiger partial charge in [0.05, 0.1) is 23.7 Å². The average molecular weight is 359 g/mol. The Morgan fingerprint density at radius 1 is 1.32 bits per heavy atom. The summed E-state index contributed by atoms with van der Waals surface area (Å²) in [5.74, 6) is -4.02. The second kappa shape index (κ2) is 7.61. The molecule has 25 heavy (non-hydrogen) atoms. The fraction of sp³-hybridized carbons (Fsp3) is 0.588. The maximum atomic E-state index is 12.9. The van der Waals surface area contributed by atoms with Crippen LogP contribution in [0.2, 0.25) is 0 Å². The van der Waals surface area contributed by atoms with Gasteiger partial charge in [-0.15, -0.1) is 0 Å². The highest BCUT2D eigenvalue weighted by Crippen LogP contribution is 2.36. The summed E-state index contributed by atoms with van der Waals surface area (Å²) in [6, 6.07) is 0. The summed E-state index contributed by atoms with van der Waals surface area (Å²) in [6.45, 7) is 1.45. The molecule has 5 atom stereocenters. The lowest BCUT2D eigenvalue weighted by Crippen LogP contribution is -2.37. The monoisotopic (exact) mass is 359 g/mol. The number of aliphatic imine (C=N–C) groups is 1. The number of rotatable bonds is 4. The molecule has 0 bridgehead atoms. The molecular formula is C17H20F3NO4. The molecule has 0 aromatic rings. The number of halogens is 3. The lowest BCUT2D eigenvalue weighted by Gasteiger charge is -2.29. The van der Waals surface area contributed by atoms with Crippen molar-refractivity contribution in [2.45, 2.75) is 38.3 Å². The van der Waals surface area contributed by atoms with Gasteiger partial charge in [-0.05, 0) is 31.9 Å². The summed E-state index contributed by atoms with van der Waals surface area (Å²) in [7, 11) is 1.41. The number of ketones is 2. The molecule has 8 heteroatoms. The van der Waals surface area contributed by atoms with Gasteiger partial charge in [0.15, 0.2) is 12.0 Å². The van der Waals surface area contributed by atoms with Gasteiger partial charge in [-0.1, -0.05) is 12.2 Å². The first kappa shape index (κ1) is 19.5. The molecule has 0 aromatic carbocycles. The molecular weight excluding hydrogens is 339 g/mol. The third-order valence-electron chi connectivity index (χ3n) is 4.53. The molecule has 0 spiro atoms. The first-order valence-corrected chi connectivity index (χ1v) is 7.89. The Kier molecular flexibility index (Phi) is 5.95. The normalized spacial score (nSPS) is 32.9. The summed E-state index contributed by atoms with van der Waals surface area (Å²) in [6.07, 6.45) is -2.07. The molecule has 0 aliphatic heterocycles. The zero-order chi connectivity index (χ0) is 18.8. The van der Waals surface area contributed by atoms with Crippen molar-refractivity contribution in [1.82, 2.24) is 0 Å². The fourth-order valence-corrected chi connectivity index (χ4v) is 2.95. The van der Waals surface area contributed by atoms with Crippen LogP contribution in [-0.2, 0) is 14.3 Å². The zero-order valence-corrected chi connectivity index (χ0v) is 13.9. The molecule has 0 heterocycles. The number of aliphatic hydroxyl groups is 1. The molecule has 0 saturated heterocycles. The standard InChI is InChI=1S/C17H20F3NO4/c1-9(22)10-3-5-13(15(7-10)25-2)21-16(24)12-8-11(17(18,19)20)4-6-14(12)23/h3-6,10-12,15-16,24H,7-8H2,1-2H3. The Morgan fingerprint density at radius 2 is 2.00 bits per heavy atom. The highest BCUT2D eigenvalue weighted by molar-refractivity contribution is 6.01. The van der Waals surface area contributed by atoms with Crippen LogP contribution < -0.4 is 0 Å². The molecule has 5 nitrogen and oxygen atoms in total. The van der Waals surface area contributed by atoms with Gasteiger partial charge in [-0.2, -0.15) is 13.2 Å². The highest BCUT2D eigenvalue weighted by atomic mass is 19.4. The van der Waals surface area contributed by atoms with Gasteiger partial charge in [0, 0.05) is 13.0 Å². The third-order valence-corrected chi connectivity index (χ3v) is 4.53. The van der Waals surface area contributed by atoms with E-state index in [9.17, 15) is 27.9 Å². The van der Waals surface area contributed by atoms with E-state index in [1.807, 2.05) is 0 Å². The minimum atomic E-state index is -4.48. The van der Waals surface area contributed by atoms with Crippen LogP contribution in [0.15, 0.2) is 29.3 Å². The van der Waals surface area contributed by atoms with E-state index >= 15 is 0 Å². The Hall–Kier alpha value is -1.80. The van der Waals surface area contributed by atoms with Gasteiger partial charge >= 0.3 is 6.18 Å². The van der Waals surface area contributed by atoms with Gasteiger partial charge in [0.25, 0.3) is 0 Å². The van der Waals surface area contributed by atoms with Crippen molar-refractivity contribution in [1.29, 1.82) is 0 Å². The lowest BCUT2D eigenvalue weighted by molar-refractivity contribution is -0.169. The van der Waals surface area contributed by atoms with Gasteiger partial charge < -0.3 is 9.84 Å². The fourth-order valence-electron chi connectivity index (χ4n) is 2.95. The lowest BCUT2D eigenvalue weighted by atomic mass is 9.84. The minimum Gasteiger partial charge on any atom is -0.375 e. The molecule has 0 radical (unpaired) electrons. The summed E-state index contributed by atoms with van der Waals surface area (Å²) >= 11 is 0. The number of hydrogen-bond acceptors (Lipinski definition) is 5. The molecule has 2 rings (SSSR count). The van der Waals surface area contributed by atoms with Gasteiger partial charge in [-0.25, -0.2) is 0 Å². The Labute approximate surface area is 143 Å². The van der Waals surface area contributed by atoms with Crippen molar-refractivity contribution >= 4 is 17.3 Å². The molecule has 138 valence electrons. The third kappa shape index (κ3) is 4.64. The van der Waals surface area contributed by atoms with Crippen molar-refractivity contribution in [3.05, 3.63) is 24.3 Å². The molecule has 0 saturated carbocycles. The van der Waals surface area contributed by atoms with Gasteiger partial charge in [0.2, 0.25) is 0 Å². The second-order valence-electron chi connectivity index (χ2n) is 6.26. The van der Waals surface area contributed by atoms with E-state index in [2.05, 4.69) is 4.99 Å². The van der Waals surface area contributed by atoms with E-state index < -0.39 is 42.5 Å². The molecule has 0 amide bonds. The average Bonchev–Trinajstić information content (AvgIpc) is 2.54. The Bertz CT molecular complexity index is 624. The van der Waals surface area contributed by atoms with E-state index in [-0.39, 0.29) is 11.7 Å². The van der Waals surface area contributed by atoms with Crippen molar-refractivity contribution in [2.24, 2.45) is 22.7 Å². The minimum absolute atomic E-state index is 0.0430. The van der Waals surface area contributed by atoms with Crippen molar-refractivity contribution in [3.63, 3.8) is 0 Å². The summed E-state index contributed by atoms with van der Waals surface area (Å²) in [5, 5.41) is 10.2. The van der Waals surface area contributed by atoms with Crippen molar-refractivity contribution < 1.29 is 32.6 Å². The highest BCUT2D eigenvalue weighted by Gasteiger charge is 2.44. The van der Waals surface area contributed by atoms with Crippen LogP contribution >= 0.6 is 0 Å². The number of aliphatic hydroxyl groups excluding tert-OH is 1. The SMILES string of the molecule is COC1CC(C(C)=O)C=CC1=NC(O)C1CC(C(F)(F)F)C=CC1=O. The number of carbonyl (C=O) groups excluding carboxylic acids is 2. The van der Waals surface area contributed by atoms with Crippen molar-refractivity contribution in [2.75, 3.05) is 7.11 Å². The number of Topliss-reactive ketones (excluding diaryl/α,β-unsaturated/α-hetero) is 1. The number of alkyl halides is 3. The predicted octanol–water partition coefficient (Wildman–Crippen LogP) is 2.25. The number of ether oxygens (including phenoxy) is 1. The van der Waals surface area contributed by atoms with Crippen LogP contribution in [0.3, 0.4) is 0 Å². The van der Waals surface area contributed by atoms with E-state index in [0.29, 0.717) is 12.1 Å². The van der Waals surface area contributed by atoms with Crippen LogP contribution in [-0.4, -0.2) is 48.0 Å². The zero-order valence-electron chi connectivity index (χ0n) is 13.9. The molecule has 0 aromatic heterocycles. The maximum absolute atomic E-state index is 12.9. The summed E-state index contributed by atoms with van der Waals surface area (Å²) in [4.78, 5) is 27.3. The van der Waals surface area contributed by atoms with E-state index in [4.69, 9.17) is 4.74 Å². The first-order valence-electron chi connectivity index (χ1n) is 7.89. The van der Waals surface area contributed by atoms with Gasteiger partial charge in [0.1, 0.15) is 5.78 Å². The maximum Gasteiger partial charge on any atom is 0.395 e. The van der Waals surface area contributed by atoms with Crippen LogP contribution in [0, 0.1) is 17.8 Å². The Morgan fingerprint density at radius 3 is 2.56 bits per heavy atom. The predicted molar refractivity (Wildman–Crippen MR) is 84.0 cm³/mol. The van der Waals surface area contributed by atoms with Crippen LogP contribution in [0.1, 0.15) is 19.8 Å². The molecule has 2 aliphatic rings. The van der Waals surface area contributed by atoms with Crippen LogP contribution in [0.5, 0.6) is 0 Å². The van der Waals surface area contributed by atoms with Crippen LogP contribution in [0.4, 0.5) is 13.2 Å². The largest absolute Gasteiger partial charge is 0.395 e. The molecule has 1 N–H and O–H groups in total. The molecule has 0 fully saturated rings. The van der Waals surface area contributed by atoms with E-state index in [1.54, 1.807) is 6.08 Å². The van der Waals surface area contributed by atoms with E-state index in [1.165, 1.54) is 20.1 Å². The quantitative estimate of drug-likeness (QED) is 0.835. The van der Waals surface area contributed by atoms with Crippen LogP contribution in [0.25, 0.3) is 0 Å². The number of methoxy groups -OCH3 is 1. The van der Waals surface area contributed by atoms with Gasteiger partial charge in [-0.3, -0.25) is 14.6 Å². The topological polar surface area (TPSA) is 76.0 Å². The summed E-state index contributed by atoms with van der Waals surface area (Å²) in [5.41, 5.74) is 0.304. The molecule has 2 aliphatic carbocycles. The summed E-state index contributed by atoms with van der Waals surface area (Å²) < 4.78 is 43.8. The number of hydrogen-bond donors (Lipinski definition) is 1. The number of carbonyl (C=O) groups is 2. The second-order valence-corrected chi connectivity index (χ2v) is 6.26. The molecule has 5 unspecified atom stereocenters. The smallest absolute Gasteiger partial charge is 0.375 e. The number of nitrogens with zero attached hydrogens (tertiary/aromatic N) is 1. The van der Waals surface area contributed by atoms with Crippen molar-refractivity contribution in [3.8, 4) is 0 Å². The first-order chi connectivity index (χ1) is 11.6. The number of allylic oxidation sites excluding steroid dienone is 3. The van der Waals surface area contributed by atoms with E-state index in [0.717, 1.165) is 12.2 Å². The Balaban J connectivity index is 2.19.